The minimum Gasteiger partial charge on any atom is -0.455 e. The maximum Gasteiger partial charge on any atom is 0.338 e. The Kier molecular flexibility index (Phi) is 11.8. The van der Waals surface area contributed by atoms with Crippen molar-refractivity contribution in [2.45, 2.75) is 78.3 Å². The molecule has 0 spiro atoms. The molecule has 0 atom stereocenters. The number of nitrogens with zero attached hydrogens (tertiary/aromatic N) is 12. The van der Waals surface area contributed by atoms with E-state index in [2.05, 4.69) is 41.2 Å². The first-order valence-corrected chi connectivity index (χ1v) is 17.8. The highest BCUT2D eigenvalue weighted by atomic mass is 16.5. The van der Waals surface area contributed by atoms with Crippen LogP contribution in [-0.2, 0) is 71.6 Å². The normalized spacial score (nSPS) is 15.7. The van der Waals surface area contributed by atoms with E-state index in [4.69, 9.17) is 18.9 Å². The second-order valence-corrected chi connectivity index (χ2v) is 12.8. The van der Waals surface area contributed by atoms with Crippen LogP contribution in [0.4, 0.5) is 0 Å². The molecule has 6 aromatic rings. The summed E-state index contributed by atoms with van der Waals surface area (Å²) in [5.74, 6) is -2.51. The van der Waals surface area contributed by atoms with Crippen LogP contribution in [0, 0.1) is 0 Å². The number of hydrogen-bond acceptors (Lipinski definition) is 16. The van der Waals surface area contributed by atoms with Crippen molar-refractivity contribution in [3.63, 3.8) is 0 Å². The van der Waals surface area contributed by atoms with Crippen LogP contribution in [0.5, 0.6) is 0 Å². The van der Waals surface area contributed by atoms with Crippen LogP contribution in [0.3, 0.4) is 0 Å². The van der Waals surface area contributed by atoms with Gasteiger partial charge < -0.3 is 18.9 Å². The van der Waals surface area contributed by atoms with Crippen LogP contribution in [0.25, 0.3) is 0 Å². The third-order valence-corrected chi connectivity index (χ3v) is 8.47. The van der Waals surface area contributed by atoms with Crippen LogP contribution >= 0.6 is 0 Å². The van der Waals surface area contributed by atoms with Crippen molar-refractivity contribution in [3.8, 4) is 0 Å². The zero-order valence-corrected chi connectivity index (χ0v) is 30.0. The van der Waals surface area contributed by atoms with Crippen molar-refractivity contribution >= 4 is 23.9 Å². The summed E-state index contributed by atoms with van der Waals surface area (Å²) in [4.78, 5) is 51.1. The number of ether oxygens (including phenoxy) is 4. The topological polar surface area (TPSA) is 228 Å². The predicted octanol–water partition coefficient (Wildman–Crippen LogP) is 2.75. The predicted molar refractivity (Wildman–Crippen MR) is 188 cm³/mol. The molecule has 20 heteroatoms. The number of esters is 4. The molecular formula is C36H36N12O8. The van der Waals surface area contributed by atoms with Gasteiger partial charge in [0.2, 0.25) is 0 Å². The highest BCUT2D eigenvalue weighted by Crippen LogP contribution is 2.13. The molecule has 7 rings (SSSR count). The monoisotopic (exact) mass is 764 g/mol. The molecule has 0 unspecified atom stereocenters. The van der Waals surface area contributed by atoms with Gasteiger partial charge in [0.1, 0.15) is 49.2 Å². The molecule has 5 heterocycles. The molecule has 4 aromatic heterocycles. The second-order valence-electron chi connectivity index (χ2n) is 12.8. The Bertz CT molecular complexity index is 2000. The summed E-state index contributed by atoms with van der Waals surface area (Å²) in [7, 11) is 0. The first-order valence-electron chi connectivity index (χ1n) is 17.8. The van der Waals surface area contributed by atoms with Crippen LogP contribution in [0.1, 0.15) is 89.9 Å². The molecule has 0 saturated carbocycles. The molecule has 0 N–H and O–H groups in total. The third kappa shape index (κ3) is 10.1. The number of carbonyl (C=O) groups excluding carboxylic acids is 4. The Morgan fingerprint density at radius 1 is 0.393 bits per heavy atom. The van der Waals surface area contributed by atoms with Crippen LogP contribution < -0.4 is 0 Å². The molecule has 1 aliphatic rings. The number of cyclic esters (lactones) is 4. The number of carbonyl (C=O) groups is 4. The number of fused-ring (bicyclic) bond motifs is 12. The number of aryl methyl sites for hydroxylation is 4. The number of benzene rings is 2. The van der Waals surface area contributed by atoms with Crippen molar-refractivity contribution < 1.29 is 38.1 Å². The maximum absolute atomic E-state index is 12.8. The van der Waals surface area contributed by atoms with Gasteiger partial charge in [0.15, 0.2) is 0 Å². The molecule has 288 valence electrons. The van der Waals surface area contributed by atoms with Crippen molar-refractivity contribution in [3.05, 3.63) is 118 Å². The fourth-order valence-corrected chi connectivity index (χ4v) is 5.59. The van der Waals surface area contributed by atoms with Gasteiger partial charge in [-0.05, 0) is 62.1 Å². The minimum atomic E-state index is -0.628. The first-order chi connectivity index (χ1) is 27.3. The summed E-state index contributed by atoms with van der Waals surface area (Å²) >= 11 is 0. The number of aromatic nitrogens is 12. The van der Waals surface area contributed by atoms with E-state index >= 15 is 0 Å². The van der Waals surface area contributed by atoms with E-state index < -0.39 is 23.9 Å². The first kappa shape index (κ1) is 37.2. The van der Waals surface area contributed by atoms with Gasteiger partial charge in [-0.3, -0.25) is 18.7 Å². The van der Waals surface area contributed by atoms with Gasteiger partial charge in [-0.15, -0.1) is 20.4 Å². The highest BCUT2D eigenvalue weighted by Gasteiger charge is 2.17. The second kappa shape index (κ2) is 17.8. The van der Waals surface area contributed by atoms with E-state index in [-0.39, 0.29) is 48.7 Å². The largest absolute Gasteiger partial charge is 0.455 e. The highest BCUT2D eigenvalue weighted by molar-refractivity contribution is 5.96. The van der Waals surface area contributed by atoms with Crippen molar-refractivity contribution in [2.24, 2.45) is 0 Å². The Morgan fingerprint density at radius 2 is 0.643 bits per heavy atom. The van der Waals surface area contributed by atoms with Gasteiger partial charge in [-0.2, -0.15) is 0 Å². The van der Waals surface area contributed by atoms with E-state index in [1.165, 1.54) is 12.1 Å². The van der Waals surface area contributed by atoms with Crippen molar-refractivity contribution in [1.82, 2.24) is 60.0 Å². The zero-order valence-electron chi connectivity index (χ0n) is 30.0. The summed E-state index contributed by atoms with van der Waals surface area (Å²) in [6.07, 6.45) is 9.76. The smallest absolute Gasteiger partial charge is 0.338 e. The molecular weight excluding hydrogens is 728 g/mol. The average Bonchev–Trinajstić information content (AvgIpc) is 4.06. The summed E-state index contributed by atoms with van der Waals surface area (Å²) in [5.41, 5.74) is 2.59. The Balaban J connectivity index is 0.979. The molecule has 0 saturated heterocycles. The lowest BCUT2D eigenvalue weighted by atomic mass is 10.1. The molecule has 2 aromatic carbocycles. The van der Waals surface area contributed by atoms with E-state index in [9.17, 15) is 19.2 Å². The van der Waals surface area contributed by atoms with Gasteiger partial charge in [-0.25, -0.2) is 19.2 Å². The summed E-state index contributed by atoms with van der Waals surface area (Å²) in [6, 6.07) is 12.1. The molecule has 0 radical (unpaired) electrons. The van der Waals surface area contributed by atoms with Gasteiger partial charge in [0.05, 0.1) is 47.0 Å². The maximum atomic E-state index is 12.8. The molecule has 0 amide bonds. The molecule has 12 bridgehead atoms. The lowest BCUT2D eigenvalue weighted by molar-refractivity contribution is 0.0448. The average molecular weight is 765 g/mol. The fourth-order valence-electron chi connectivity index (χ4n) is 5.59. The Hall–Kier alpha value is -7.12. The van der Waals surface area contributed by atoms with Crippen molar-refractivity contribution in [2.75, 3.05) is 0 Å². The van der Waals surface area contributed by atoms with Gasteiger partial charge >= 0.3 is 23.9 Å². The van der Waals surface area contributed by atoms with Gasteiger partial charge in [0.25, 0.3) is 0 Å². The fraction of sp³-hybridized carbons (Fsp3) is 0.333. The van der Waals surface area contributed by atoms with E-state index in [0.717, 1.165) is 25.7 Å². The van der Waals surface area contributed by atoms with Gasteiger partial charge in [0, 0.05) is 26.2 Å². The van der Waals surface area contributed by atoms with Crippen molar-refractivity contribution in [1.29, 1.82) is 0 Å². The Morgan fingerprint density at radius 3 is 0.893 bits per heavy atom. The molecule has 0 fully saturated rings. The molecule has 20 nitrogen and oxygen atoms in total. The molecule has 1 aliphatic heterocycles. The lowest BCUT2D eigenvalue weighted by Crippen LogP contribution is -2.09. The number of hydrogen-bond donors (Lipinski definition) is 0. The van der Waals surface area contributed by atoms with E-state index in [1.54, 1.807) is 79.9 Å². The van der Waals surface area contributed by atoms with E-state index in [1.807, 2.05) is 0 Å². The SMILES string of the molecule is O=C1OCc2cn(nn2)CCCCn2cc(nn2)COC(=O)c2cccc(c2)C(=O)OCc2cn(nn2)CCCCn2cc(nn2)COC(=O)c2cccc1c2. The Labute approximate surface area is 318 Å². The quantitative estimate of drug-likeness (QED) is 0.160. The molecule has 56 heavy (non-hydrogen) atoms. The minimum absolute atomic E-state index is 0.102. The van der Waals surface area contributed by atoms with Crippen LogP contribution in [0.15, 0.2) is 73.3 Å². The summed E-state index contributed by atoms with van der Waals surface area (Å²) in [5, 5.41) is 32.8. The van der Waals surface area contributed by atoms with E-state index in [0.29, 0.717) is 49.0 Å². The number of rotatable bonds is 0. The third-order valence-electron chi connectivity index (χ3n) is 8.47. The lowest BCUT2D eigenvalue weighted by Gasteiger charge is -2.06. The zero-order chi connectivity index (χ0) is 38.7. The summed E-state index contributed by atoms with van der Waals surface area (Å²) < 4.78 is 28.3. The van der Waals surface area contributed by atoms with Crippen LogP contribution in [0.2, 0.25) is 0 Å². The van der Waals surface area contributed by atoms with Gasteiger partial charge in [-0.1, -0.05) is 33.0 Å². The molecule has 0 aliphatic carbocycles. The summed E-state index contributed by atoms with van der Waals surface area (Å²) in [6.45, 7) is 1.85. The standard InChI is InChI=1S/C36H36N12O8/c49-33-25-7-5-9-27(15-25)35(51)55-23-31-19-47(43-39-31)13-3-4-14-48-20-32(40-44-48)24-56-36(52)28-10-6-8-26(16-28)34(50)54-22-30-18-46(42-38-30)12-2-1-11-45-17-29(21-53-33)37-41-45/h5-10,15-20H,1-4,11-14,21-24H2. The van der Waals surface area contributed by atoms with Crippen LogP contribution in [-0.4, -0.2) is 83.9 Å².